The third kappa shape index (κ3) is 7.48. The first kappa shape index (κ1) is 36.3. The third-order valence-electron chi connectivity index (χ3n) is 11.3. The highest BCUT2D eigenvalue weighted by molar-refractivity contribution is 6.62. The van der Waals surface area contributed by atoms with Crippen molar-refractivity contribution in [3.63, 3.8) is 0 Å². The van der Waals surface area contributed by atoms with E-state index in [4.69, 9.17) is 19.3 Å². The number of rotatable bonds is 8. The molecule has 0 saturated carbocycles. The minimum absolute atomic E-state index is 0.428. The molecule has 1 saturated heterocycles. The second-order valence-corrected chi connectivity index (χ2v) is 15.7. The van der Waals surface area contributed by atoms with E-state index in [2.05, 4.69) is 216 Å². The fourth-order valence-electron chi connectivity index (χ4n) is 7.38. The van der Waals surface area contributed by atoms with Crippen molar-refractivity contribution in [1.82, 2.24) is 9.97 Å². The predicted molar refractivity (Wildman–Crippen MR) is 236 cm³/mol. The average molecular weight is 739 g/mol. The van der Waals surface area contributed by atoms with Crippen molar-refractivity contribution in [3.05, 3.63) is 188 Å². The number of benzene rings is 7. The van der Waals surface area contributed by atoms with Crippen LogP contribution in [0.2, 0.25) is 0 Å². The molecule has 5 heteroatoms. The summed E-state index contributed by atoms with van der Waals surface area (Å²) in [5, 5.41) is 0. The first-order valence-electron chi connectivity index (χ1n) is 19.6. The van der Waals surface area contributed by atoms with Crippen molar-refractivity contribution in [1.29, 1.82) is 0 Å². The maximum atomic E-state index is 6.39. The molecule has 1 aliphatic rings. The Hall–Kier alpha value is -6.40. The van der Waals surface area contributed by atoms with Crippen LogP contribution in [0.1, 0.15) is 27.7 Å². The van der Waals surface area contributed by atoms with Gasteiger partial charge in [-0.05, 0) is 120 Å². The van der Waals surface area contributed by atoms with Crippen LogP contribution in [0.5, 0.6) is 0 Å². The average Bonchev–Trinajstić information content (AvgIpc) is 3.49. The van der Waals surface area contributed by atoms with E-state index in [1.807, 2.05) is 0 Å². The third-order valence-corrected chi connectivity index (χ3v) is 11.3. The smallest absolute Gasteiger partial charge is 0.399 e. The Morgan fingerprint density at radius 3 is 0.982 bits per heavy atom. The number of hydrogen-bond acceptors (Lipinski definition) is 4. The highest BCUT2D eigenvalue weighted by Gasteiger charge is 2.51. The van der Waals surface area contributed by atoms with Gasteiger partial charge in [-0.15, -0.1) is 0 Å². The van der Waals surface area contributed by atoms with Gasteiger partial charge in [0, 0.05) is 16.7 Å². The highest BCUT2D eigenvalue weighted by Crippen LogP contribution is 2.39. The van der Waals surface area contributed by atoms with E-state index in [0.717, 1.165) is 78.0 Å². The minimum Gasteiger partial charge on any atom is -0.399 e. The van der Waals surface area contributed by atoms with Gasteiger partial charge in [0.2, 0.25) is 0 Å². The van der Waals surface area contributed by atoms with Crippen LogP contribution in [0.15, 0.2) is 188 Å². The molecular weight excluding hydrogens is 695 g/mol. The van der Waals surface area contributed by atoms with Crippen LogP contribution in [0.3, 0.4) is 0 Å². The lowest BCUT2D eigenvalue weighted by Gasteiger charge is -2.32. The number of hydrogen-bond donors (Lipinski definition) is 0. The van der Waals surface area contributed by atoms with E-state index in [1.165, 1.54) is 0 Å². The van der Waals surface area contributed by atoms with Gasteiger partial charge < -0.3 is 9.31 Å². The number of aromatic nitrogens is 2. The van der Waals surface area contributed by atoms with Gasteiger partial charge in [-0.2, -0.15) is 0 Å². The molecule has 0 amide bonds. The van der Waals surface area contributed by atoms with Crippen LogP contribution in [-0.4, -0.2) is 28.3 Å². The van der Waals surface area contributed by atoms with E-state index in [0.29, 0.717) is 5.82 Å². The van der Waals surface area contributed by atoms with Crippen LogP contribution >= 0.6 is 0 Å². The Kier molecular flexibility index (Phi) is 9.49. The van der Waals surface area contributed by atoms with Gasteiger partial charge in [-0.3, -0.25) is 0 Å². The molecule has 276 valence electrons. The van der Waals surface area contributed by atoms with Crippen molar-refractivity contribution in [2.45, 2.75) is 38.9 Å². The zero-order chi connectivity index (χ0) is 39.0. The summed E-state index contributed by atoms with van der Waals surface area (Å²) in [4.78, 5) is 10.7. The summed E-state index contributed by atoms with van der Waals surface area (Å²) in [6.45, 7) is 8.31. The Bertz CT molecular complexity index is 2390. The molecular formula is C52H43BN2O2. The van der Waals surface area contributed by atoms with Gasteiger partial charge in [-0.25, -0.2) is 9.97 Å². The standard InChI is InChI=1S/C52H43BN2O2/c1-51(2)52(3,4)57-53(56-51)47-27-25-40(26-28-47)50-54-48(45-31-41(36-17-9-5-10-18-36)29-42(32-45)37-19-11-6-12-20-37)35-49(55-50)46-33-43(38-21-13-7-14-22-38)30-44(34-46)39-23-15-8-16-24-39/h5-35H,1-4H3. The van der Waals surface area contributed by atoms with E-state index in [9.17, 15) is 0 Å². The normalized spacial score (nSPS) is 14.4. The maximum absolute atomic E-state index is 6.39. The molecule has 0 unspecified atom stereocenters. The molecule has 1 fully saturated rings. The summed E-state index contributed by atoms with van der Waals surface area (Å²) >= 11 is 0. The van der Waals surface area contributed by atoms with Gasteiger partial charge in [-0.1, -0.05) is 146 Å². The van der Waals surface area contributed by atoms with Gasteiger partial charge in [0.05, 0.1) is 22.6 Å². The van der Waals surface area contributed by atoms with E-state index < -0.39 is 18.3 Å². The fourth-order valence-corrected chi connectivity index (χ4v) is 7.38. The van der Waals surface area contributed by atoms with Gasteiger partial charge in [0.1, 0.15) is 0 Å². The van der Waals surface area contributed by atoms with E-state index in [1.54, 1.807) is 0 Å². The SMILES string of the molecule is CC1(C)OB(c2ccc(-c3nc(-c4cc(-c5ccccc5)cc(-c5ccccc5)c4)cc(-c4cc(-c5ccccc5)cc(-c5ccccc5)c4)n3)cc2)OC1(C)C. The van der Waals surface area contributed by atoms with Gasteiger partial charge in [0.25, 0.3) is 0 Å². The molecule has 0 atom stereocenters. The summed E-state index contributed by atoms with van der Waals surface area (Å²) < 4.78 is 12.8. The molecule has 1 aromatic heterocycles. The Balaban J connectivity index is 1.23. The zero-order valence-electron chi connectivity index (χ0n) is 32.7. The van der Waals surface area contributed by atoms with Crippen LogP contribution in [0.4, 0.5) is 0 Å². The molecule has 0 radical (unpaired) electrons. The van der Waals surface area contributed by atoms with Crippen LogP contribution in [0.25, 0.3) is 78.4 Å². The second-order valence-electron chi connectivity index (χ2n) is 15.7. The molecule has 8 aromatic rings. The van der Waals surface area contributed by atoms with Gasteiger partial charge in [0.15, 0.2) is 5.82 Å². The Labute approximate surface area is 336 Å². The van der Waals surface area contributed by atoms with Crippen molar-refractivity contribution in [2.75, 3.05) is 0 Å². The summed E-state index contributed by atoms with van der Waals surface area (Å²) in [6, 6.07) is 66.1. The second kappa shape index (κ2) is 14.9. The van der Waals surface area contributed by atoms with E-state index in [-0.39, 0.29) is 0 Å². The van der Waals surface area contributed by atoms with Crippen molar-refractivity contribution >= 4 is 12.6 Å². The molecule has 9 rings (SSSR count). The molecule has 7 aromatic carbocycles. The monoisotopic (exact) mass is 738 g/mol. The minimum atomic E-state index is -0.457. The Morgan fingerprint density at radius 1 is 0.333 bits per heavy atom. The fraction of sp³-hybridized carbons (Fsp3) is 0.115. The Morgan fingerprint density at radius 2 is 0.649 bits per heavy atom. The summed E-state index contributed by atoms with van der Waals surface area (Å²) in [5.41, 5.74) is 13.8. The summed E-state index contributed by atoms with van der Waals surface area (Å²) in [6.07, 6.45) is 0. The van der Waals surface area contributed by atoms with Crippen molar-refractivity contribution in [2.24, 2.45) is 0 Å². The predicted octanol–water partition coefficient (Wildman–Crippen LogP) is 12.4. The van der Waals surface area contributed by atoms with Gasteiger partial charge >= 0.3 is 7.12 Å². The summed E-state index contributed by atoms with van der Waals surface area (Å²) in [5.74, 6) is 0.640. The van der Waals surface area contributed by atoms with Crippen molar-refractivity contribution in [3.8, 4) is 78.4 Å². The molecule has 1 aliphatic heterocycles. The van der Waals surface area contributed by atoms with Crippen LogP contribution in [-0.2, 0) is 9.31 Å². The maximum Gasteiger partial charge on any atom is 0.494 e. The molecule has 0 spiro atoms. The van der Waals surface area contributed by atoms with E-state index >= 15 is 0 Å². The van der Waals surface area contributed by atoms with Crippen LogP contribution in [0, 0.1) is 0 Å². The largest absolute Gasteiger partial charge is 0.494 e. The molecule has 0 bridgehead atoms. The molecule has 0 aliphatic carbocycles. The molecule has 57 heavy (non-hydrogen) atoms. The lowest BCUT2D eigenvalue weighted by molar-refractivity contribution is 0.00578. The van der Waals surface area contributed by atoms with Crippen molar-refractivity contribution < 1.29 is 9.31 Å². The molecule has 4 nitrogen and oxygen atoms in total. The molecule has 2 heterocycles. The highest BCUT2D eigenvalue weighted by atomic mass is 16.7. The topological polar surface area (TPSA) is 44.2 Å². The first-order chi connectivity index (χ1) is 27.7. The molecule has 0 N–H and O–H groups in total. The summed E-state index contributed by atoms with van der Waals surface area (Å²) in [7, 11) is -0.457. The first-order valence-corrected chi connectivity index (χ1v) is 19.6. The lowest BCUT2D eigenvalue weighted by Crippen LogP contribution is -2.41. The lowest BCUT2D eigenvalue weighted by atomic mass is 9.79. The quantitative estimate of drug-likeness (QED) is 0.146. The van der Waals surface area contributed by atoms with Crippen LogP contribution < -0.4 is 5.46 Å². The zero-order valence-corrected chi connectivity index (χ0v) is 32.7. The number of nitrogens with zero attached hydrogens (tertiary/aromatic N) is 2.